The van der Waals surface area contributed by atoms with E-state index in [4.69, 9.17) is 16.3 Å². The zero-order chi connectivity index (χ0) is 27.4. The number of para-hydroxylation sites is 1. The van der Waals surface area contributed by atoms with E-state index in [0.717, 1.165) is 9.87 Å². The van der Waals surface area contributed by atoms with Gasteiger partial charge in [-0.1, -0.05) is 41.4 Å². The van der Waals surface area contributed by atoms with Crippen LogP contribution in [0.25, 0.3) is 0 Å². The molecule has 0 unspecified atom stereocenters. The lowest BCUT2D eigenvalue weighted by atomic mass is 10.1. The number of nitrogens with one attached hydrogen (secondary N) is 2. The number of benzene rings is 3. The van der Waals surface area contributed by atoms with Crippen molar-refractivity contribution in [3.63, 3.8) is 0 Å². The Hall–Kier alpha value is -3.56. The summed E-state index contributed by atoms with van der Waals surface area (Å²) in [5.74, 6) is -0.644. The van der Waals surface area contributed by atoms with Crippen molar-refractivity contribution < 1.29 is 22.7 Å². The fourth-order valence-electron chi connectivity index (χ4n) is 3.48. The molecule has 0 aliphatic rings. The predicted octanol–water partition coefficient (Wildman–Crippen LogP) is 5.02. The van der Waals surface area contributed by atoms with Gasteiger partial charge in [0.15, 0.2) is 0 Å². The first-order valence-electron chi connectivity index (χ1n) is 11.5. The second-order valence-electron chi connectivity index (χ2n) is 9.44. The van der Waals surface area contributed by atoms with Gasteiger partial charge in [-0.05, 0) is 70.2 Å². The Labute approximate surface area is 222 Å². The molecule has 0 atom stereocenters. The monoisotopic (exact) mass is 543 g/mol. The number of hydrogen-bond acceptors (Lipinski definition) is 5. The summed E-state index contributed by atoms with van der Waals surface area (Å²) in [6, 6.07) is 17.3. The fourth-order valence-corrected chi connectivity index (χ4v) is 5.15. The molecule has 3 aromatic rings. The van der Waals surface area contributed by atoms with Crippen molar-refractivity contribution in [2.75, 3.05) is 23.3 Å². The third-order valence-corrected chi connectivity index (χ3v) is 7.34. The molecule has 0 heterocycles. The molecule has 0 aliphatic carbocycles. The maximum absolute atomic E-state index is 13.6. The minimum atomic E-state index is -4.15. The first-order chi connectivity index (χ1) is 17.3. The lowest BCUT2D eigenvalue weighted by Crippen LogP contribution is -2.41. The number of anilines is 2. The van der Waals surface area contributed by atoms with Crippen LogP contribution in [0.5, 0.6) is 5.75 Å². The molecule has 37 heavy (non-hydrogen) atoms. The van der Waals surface area contributed by atoms with Gasteiger partial charge in [0, 0.05) is 5.54 Å². The molecule has 0 radical (unpaired) electrons. The highest BCUT2D eigenvalue weighted by molar-refractivity contribution is 7.92. The van der Waals surface area contributed by atoms with Gasteiger partial charge < -0.3 is 15.4 Å². The first kappa shape index (κ1) is 28.0. The zero-order valence-corrected chi connectivity index (χ0v) is 22.9. The number of nitrogens with zero attached hydrogens (tertiary/aromatic N) is 1. The topological polar surface area (TPSA) is 105 Å². The van der Waals surface area contributed by atoms with Gasteiger partial charge in [-0.25, -0.2) is 8.42 Å². The van der Waals surface area contributed by atoms with Gasteiger partial charge in [0.1, 0.15) is 12.3 Å². The maximum atomic E-state index is 13.6. The predicted molar refractivity (Wildman–Crippen MR) is 146 cm³/mol. The molecule has 0 fully saturated rings. The summed E-state index contributed by atoms with van der Waals surface area (Å²) in [7, 11) is -2.70. The van der Waals surface area contributed by atoms with Crippen LogP contribution < -0.4 is 19.7 Å². The molecule has 0 spiro atoms. The lowest BCUT2D eigenvalue weighted by Gasteiger charge is -2.25. The number of methoxy groups -OCH3 is 1. The van der Waals surface area contributed by atoms with Crippen LogP contribution >= 0.6 is 11.6 Å². The highest BCUT2D eigenvalue weighted by Crippen LogP contribution is 2.32. The Morgan fingerprint density at radius 3 is 2.24 bits per heavy atom. The van der Waals surface area contributed by atoms with E-state index in [9.17, 15) is 18.0 Å². The summed E-state index contributed by atoms with van der Waals surface area (Å²) >= 11 is 6.27. The molecule has 3 rings (SSSR count). The van der Waals surface area contributed by atoms with Crippen molar-refractivity contribution in [3.05, 3.63) is 82.9 Å². The molecule has 0 aromatic heterocycles. The summed E-state index contributed by atoms with van der Waals surface area (Å²) in [6.07, 6.45) is 0. The molecule has 10 heteroatoms. The molecule has 0 saturated carbocycles. The van der Waals surface area contributed by atoms with E-state index in [1.807, 2.05) is 27.7 Å². The molecule has 0 saturated heterocycles. The average molecular weight is 544 g/mol. The van der Waals surface area contributed by atoms with Gasteiger partial charge in [-0.3, -0.25) is 13.9 Å². The van der Waals surface area contributed by atoms with Crippen LogP contribution in [-0.2, 0) is 14.8 Å². The number of hydrogen-bond donors (Lipinski definition) is 2. The Balaban J connectivity index is 1.97. The number of rotatable bonds is 8. The van der Waals surface area contributed by atoms with E-state index in [0.29, 0.717) is 5.75 Å². The van der Waals surface area contributed by atoms with E-state index in [1.165, 1.54) is 37.4 Å². The number of carbonyl (C=O) groups excluding carboxylic acids is 2. The van der Waals surface area contributed by atoms with Crippen molar-refractivity contribution in [1.82, 2.24) is 5.32 Å². The van der Waals surface area contributed by atoms with E-state index in [-0.39, 0.29) is 32.8 Å². The van der Waals surface area contributed by atoms with Crippen molar-refractivity contribution in [1.29, 1.82) is 0 Å². The minimum Gasteiger partial charge on any atom is -0.495 e. The van der Waals surface area contributed by atoms with Crippen LogP contribution in [0, 0.1) is 6.92 Å². The summed E-state index contributed by atoms with van der Waals surface area (Å²) in [5.41, 5.74) is 1.10. The molecular formula is C27H30ClN3O5S. The Kier molecular flexibility index (Phi) is 8.50. The molecule has 2 N–H and O–H groups in total. The Morgan fingerprint density at radius 1 is 1.00 bits per heavy atom. The van der Waals surface area contributed by atoms with Gasteiger partial charge in [0.2, 0.25) is 5.91 Å². The van der Waals surface area contributed by atoms with Crippen LogP contribution in [0.15, 0.2) is 71.6 Å². The van der Waals surface area contributed by atoms with E-state index in [2.05, 4.69) is 10.6 Å². The SMILES string of the molecule is COc1ccc(N(CC(=O)Nc2ccccc2C(=O)NC(C)(C)C)S(=O)(=O)c2ccc(C)cc2)cc1Cl. The highest BCUT2D eigenvalue weighted by Gasteiger charge is 2.28. The van der Waals surface area contributed by atoms with Crippen molar-refractivity contribution >= 4 is 44.8 Å². The number of ether oxygens (including phenoxy) is 1. The largest absolute Gasteiger partial charge is 0.495 e. The Morgan fingerprint density at radius 2 is 1.65 bits per heavy atom. The zero-order valence-electron chi connectivity index (χ0n) is 21.3. The third-order valence-electron chi connectivity index (χ3n) is 5.25. The first-order valence-corrected chi connectivity index (χ1v) is 13.3. The molecule has 8 nitrogen and oxygen atoms in total. The normalized spacial score (nSPS) is 11.5. The van der Waals surface area contributed by atoms with Crippen LogP contribution in [0.1, 0.15) is 36.7 Å². The van der Waals surface area contributed by atoms with Crippen molar-refractivity contribution in [2.24, 2.45) is 0 Å². The number of halogens is 1. The van der Waals surface area contributed by atoms with Gasteiger partial charge in [-0.2, -0.15) is 0 Å². The lowest BCUT2D eigenvalue weighted by molar-refractivity contribution is -0.114. The quantitative estimate of drug-likeness (QED) is 0.415. The van der Waals surface area contributed by atoms with Crippen molar-refractivity contribution in [3.8, 4) is 5.75 Å². The summed E-state index contributed by atoms with van der Waals surface area (Å²) in [6.45, 7) is 6.83. The fraction of sp³-hybridized carbons (Fsp3) is 0.259. The summed E-state index contributed by atoms with van der Waals surface area (Å²) < 4.78 is 33.4. The number of sulfonamides is 1. The van der Waals surface area contributed by atoms with Crippen LogP contribution in [0.4, 0.5) is 11.4 Å². The van der Waals surface area contributed by atoms with Crippen LogP contribution in [0.3, 0.4) is 0 Å². The van der Waals surface area contributed by atoms with E-state index < -0.39 is 28.0 Å². The number of amides is 2. The summed E-state index contributed by atoms with van der Waals surface area (Å²) in [4.78, 5) is 26.0. The molecule has 2 amide bonds. The average Bonchev–Trinajstić information content (AvgIpc) is 2.82. The molecule has 196 valence electrons. The molecule has 3 aromatic carbocycles. The summed E-state index contributed by atoms with van der Waals surface area (Å²) in [5, 5.41) is 5.73. The van der Waals surface area contributed by atoms with Crippen molar-refractivity contribution in [2.45, 2.75) is 38.1 Å². The third kappa shape index (κ3) is 7.02. The van der Waals surface area contributed by atoms with Crippen LogP contribution in [0.2, 0.25) is 5.02 Å². The molecule has 0 bridgehead atoms. The maximum Gasteiger partial charge on any atom is 0.264 e. The van der Waals surface area contributed by atoms with E-state index in [1.54, 1.807) is 36.4 Å². The van der Waals surface area contributed by atoms with Gasteiger partial charge >= 0.3 is 0 Å². The Bertz CT molecular complexity index is 1400. The molecule has 0 aliphatic heterocycles. The second kappa shape index (κ2) is 11.2. The number of aryl methyl sites for hydroxylation is 1. The van der Waals surface area contributed by atoms with E-state index >= 15 is 0 Å². The highest BCUT2D eigenvalue weighted by atomic mass is 35.5. The number of carbonyl (C=O) groups is 2. The smallest absolute Gasteiger partial charge is 0.264 e. The van der Waals surface area contributed by atoms with Gasteiger partial charge in [0.25, 0.3) is 15.9 Å². The van der Waals surface area contributed by atoms with Gasteiger partial charge in [0.05, 0.1) is 34.0 Å². The second-order valence-corrected chi connectivity index (χ2v) is 11.7. The molecular weight excluding hydrogens is 514 g/mol. The van der Waals surface area contributed by atoms with Gasteiger partial charge in [-0.15, -0.1) is 0 Å². The standard InChI is InChI=1S/C27H30ClN3O5S/c1-18-10-13-20(14-11-18)37(34,35)31(19-12-15-24(36-5)22(28)16-19)17-25(32)29-23-9-7-6-8-21(23)26(33)30-27(2,3)4/h6-16H,17H2,1-5H3,(H,29,32)(H,30,33). The minimum absolute atomic E-state index is 0.0165. The van der Waals surface area contributed by atoms with Crippen LogP contribution in [-0.4, -0.2) is 39.4 Å².